The Bertz CT molecular complexity index is 1410. The molecule has 0 saturated carbocycles. The van der Waals surface area contributed by atoms with Crippen LogP contribution < -0.4 is 5.56 Å². The van der Waals surface area contributed by atoms with Crippen LogP contribution in [0.1, 0.15) is 28.8 Å². The average molecular weight is 478 g/mol. The fourth-order valence-electron chi connectivity index (χ4n) is 4.04. The van der Waals surface area contributed by atoms with Crippen LogP contribution in [0, 0.1) is 11.6 Å². The third kappa shape index (κ3) is 4.46. The van der Waals surface area contributed by atoms with Gasteiger partial charge in [0.15, 0.2) is 5.16 Å². The van der Waals surface area contributed by atoms with Gasteiger partial charge >= 0.3 is 0 Å². The maximum Gasteiger partial charge on any atom is 0.266 e. The van der Waals surface area contributed by atoms with Gasteiger partial charge in [-0.25, -0.2) is 13.8 Å². The second-order valence-electron chi connectivity index (χ2n) is 8.16. The quantitative estimate of drug-likeness (QED) is 0.293. The standard InChI is InChI=1S/C26H21F2N3O2S/c27-19-6-3-17(4-7-19)16-34-26-29-23-15-18(24(32)30-13-1-2-14-30)5-12-22(23)25(33)31(26)21-10-8-20(28)9-11-21/h3-12,15H,1-2,13-14,16H2. The maximum atomic E-state index is 13.5. The second kappa shape index (κ2) is 9.38. The van der Waals surface area contributed by atoms with E-state index in [0.717, 1.165) is 31.5 Å². The van der Waals surface area contributed by atoms with E-state index in [-0.39, 0.29) is 17.3 Å². The first-order chi connectivity index (χ1) is 16.5. The molecular formula is C26H21F2N3O2S. The van der Waals surface area contributed by atoms with E-state index in [1.54, 1.807) is 30.3 Å². The summed E-state index contributed by atoms with van der Waals surface area (Å²) in [6.45, 7) is 1.46. The SMILES string of the molecule is O=C(c1ccc2c(=O)n(-c3ccc(F)cc3)c(SCc3ccc(F)cc3)nc2c1)N1CCCC1. The normalized spacial score (nSPS) is 13.5. The van der Waals surface area contributed by atoms with Gasteiger partial charge in [-0.1, -0.05) is 23.9 Å². The van der Waals surface area contributed by atoms with E-state index in [1.807, 2.05) is 4.90 Å². The molecule has 0 bridgehead atoms. The molecule has 5 rings (SSSR count). The number of aromatic nitrogens is 2. The molecule has 1 aromatic heterocycles. The number of carbonyl (C=O) groups excluding carboxylic acids is 1. The molecule has 3 aromatic carbocycles. The van der Waals surface area contributed by atoms with Crippen LogP contribution in [-0.2, 0) is 5.75 Å². The number of carbonyl (C=O) groups is 1. The van der Waals surface area contributed by atoms with Crippen molar-refractivity contribution in [3.8, 4) is 5.69 Å². The number of halogens is 2. The molecule has 0 unspecified atom stereocenters. The fraction of sp³-hybridized carbons (Fsp3) is 0.192. The molecule has 2 heterocycles. The van der Waals surface area contributed by atoms with Gasteiger partial charge in [0.25, 0.3) is 11.5 Å². The molecule has 1 aliphatic rings. The van der Waals surface area contributed by atoms with E-state index < -0.39 is 5.82 Å². The number of rotatable bonds is 5. The molecule has 1 saturated heterocycles. The van der Waals surface area contributed by atoms with Gasteiger partial charge in [0, 0.05) is 24.4 Å². The van der Waals surface area contributed by atoms with E-state index in [4.69, 9.17) is 4.98 Å². The van der Waals surface area contributed by atoms with Crippen LogP contribution in [0.15, 0.2) is 76.7 Å². The lowest BCUT2D eigenvalue weighted by molar-refractivity contribution is 0.0793. The Labute approximate surface area is 199 Å². The third-order valence-electron chi connectivity index (χ3n) is 5.84. The molecule has 8 heteroatoms. The van der Waals surface area contributed by atoms with E-state index in [2.05, 4.69) is 0 Å². The molecule has 1 fully saturated rings. The first-order valence-electron chi connectivity index (χ1n) is 11.0. The minimum absolute atomic E-state index is 0.0653. The summed E-state index contributed by atoms with van der Waals surface area (Å²) in [5.74, 6) is -0.345. The number of amides is 1. The summed E-state index contributed by atoms with van der Waals surface area (Å²) in [7, 11) is 0. The highest BCUT2D eigenvalue weighted by molar-refractivity contribution is 7.98. The number of thioether (sulfide) groups is 1. The summed E-state index contributed by atoms with van der Waals surface area (Å²) in [4.78, 5) is 32.9. The van der Waals surface area contributed by atoms with Gasteiger partial charge in [-0.15, -0.1) is 0 Å². The molecule has 0 atom stereocenters. The zero-order valence-electron chi connectivity index (χ0n) is 18.2. The lowest BCUT2D eigenvalue weighted by atomic mass is 10.1. The van der Waals surface area contributed by atoms with Crippen LogP contribution in [0.4, 0.5) is 8.78 Å². The van der Waals surface area contributed by atoms with E-state index >= 15 is 0 Å². The molecule has 34 heavy (non-hydrogen) atoms. The Balaban J connectivity index is 1.59. The minimum atomic E-state index is -0.406. The third-order valence-corrected chi connectivity index (χ3v) is 6.85. The summed E-state index contributed by atoms with van der Waals surface area (Å²) in [5.41, 5.74) is 1.97. The van der Waals surface area contributed by atoms with E-state index in [0.29, 0.717) is 33.1 Å². The maximum absolute atomic E-state index is 13.5. The van der Waals surface area contributed by atoms with Gasteiger partial charge < -0.3 is 4.90 Å². The Hall–Kier alpha value is -3.52. The predicted octanol–water partition coefficient (Wildman–Crippen LogP) is 5.19. The summed E-state index contributed by atoms with van der Waals surface area (Å²) in [5, 5.41) is 0.771. The molecule has 0 spiro atoms. The van der Waals surface area contributed by atoms with Gasteiger partial charge in [0.2, 0.25) is 0 Å². The zero-order valence-corrected chi connectivity index (χ0v) is 19.0. The van der Waals surface area contributed by atoms with Crippen LogP contribution in [0.2, 0.25) is 0 Å². The van der Waals surface area contributed by atoms with Crippen molar-refractivity contribution in [3.05, 3.63) is 99.8 Å². The number of fused-ring (bicyclic) bond motifs is 1. The highest BCUT2D eigenvalue weighted by Crippen LogP contribution is 2.26. The molecule has 1 amide bonds. The summed E-state index contributed by atoms with van der Waals surface area (Å²) < 4.78 is 28.3. The van der Waals surface area contributed by atoms with Gasteiger partial charge in [-0.2, -0.15) is 0 Å². The van der Waals surface area contributed by atoms with E-state index in [1.165, 1.54) is 52.7 Å². The highest BCUT2D eigenvalue weighted by atomic mass is 32.2. The van der Waals surface area contributed by atoms with Crippen LogP contribution >= 0.6 is 11.8 Å². The molecule has 0 aliphatic carbocycles. The smallest absolute Gasteiger partial charge is 0.266 e. The topological polar surface area (TPSA) is 55.2 Å². The molecule has 0 N–H and O–H groups in total. The second-order valence-corrected chi connectivity index (χ2v) is 9.10. The molecule has 0 radical (unpaired) electrons. The molecule has 172 valence electrons. The number of nitrogens with zero attached hydrogens (tertiary/aromatic N) is 3. The van der Waals surface area contributed by atoms with E-state index in [9.17, 15) is 18.4 Å². The Morgan fingerprint density at radius 1 is 0.912 bits per heavy atom. The first-order valence-corrected chi connectivity index (χ1v) is 12.0. The lowest BCUT2D eigenvalue weighted by Gasteiger charge is -2.16. The van der Waals surface area contributed by atoms with Crippen molar-refractivity contribution >= 4 is 28.6 Å². The van der Waals surface area contributed by atoms with Gasteiger partial charge in [-0.05, 0) is 73.0 Å². The van der Waals surface area contributed by atoms with Crippen molar-refractivity contribution in [3.63, 3.8) is 0 Å². The minimum Gasteiger partial charge on any atom is -0.339 e. The van der Waals surface area contributed by atoms with Gasteiger partial charge in [-0.3, -0.25) is 14.2 Å². The van der Waals surface area contributed by atoms with Crippen molar-refractivity contribution in [2.24, 2.45) is 0 Å². The Morgan fingerprint density at radius 2 is 1.56 bits per heavy atom. The highest BCUT2D eigenvalue weighted by Gasteiger charge is 2.21. The molecule has 5 nitrogen and oxygen atoms in total. The number of benzene rings is 3. The largest absolute Gasteiger partial charge is 0.339 e. The summed E-state index contributed by atoms with van der Waals surface area (Å²) in [6, 6.07) is 16.7. The van der Waals surface area contributed by atoms with Crippen molar-refractivity contribution in [1.29, 1.82) is 0 Å². The molecular weight excluding hydrogens is 456 g/mol. The van der Waals surface area contributed by atoms with Crippen molar-refractivity contribution in [2.75, 3.05) is 13.1 Å². The first kappa shape index (κ1) is 22.3. The fourth-order valence-corrected chi connectivity index (χ4v) is 5.01. The van der Waals surface area contributed by atoms with Crippen molar-refractivity contribution in [2.45, 2.75) is 23.8 Å². The summed E-state index contributed by atoms with van der Waals surface area (Å²) in [6.07, 6.45) is 1.98. The summed E-state index contributed by atoms with van der Waals surface area (Å²) >= 11 is 1.31. The molecule has 4 aromatic rings. The Kier molecular flexibility index (Phi) is 6.15. The zero-order chi connectivity index (χ0) is 23.7. The van der Waals surface area contributed by atoms with Crippen LogP contribution in [0.25, 0.3) is 16.6 Å². The number of hydrogen-bond donors (Lipinski definition) is 0. The van der Waals surface area contributed by atoms with Crippen LogP contribution in [-0.4, -0.2) is 33.4 Å². The monoisotopic (exact) mass is 477 g/mol. The van der Waals surface area contributed by atoms with Crippen LogP contribution in [0.5, 0.6) is 0 Å². The average Bonchev–Trinajstić information content (AvgIpc) is 3.39. The lowest BCUT2D eigenvalue weighted by Crippen LogP contribution is -2.28. The number of hydrogen-bond acceptors (Lipinski definition) is 4. The Morgan fingerprint density at radius 3 is 2.24 bits per heavy atom. The molecule has 1 aliphatic heterocycles. The van der Waals surface area contributed by atoms with Crippen molar-refractivity contribution < 1.29 is 13.6 Å². The predicted molar refractivity (Wildman–Crippen MR) is 128 cm³/mol. The van der Waals surface area contributed by atoms with Gasteiger partial charge in [0.1, 0.15) is 11.6 Å². The van der Waals surface area contributed by atoms with Crippen LogP contribution in [0.3, 0.4) is 0 Å². The van der Waals surface area contributed by atoms with Crippen molar-refractivity contribution in [1.82, 2.24) is 14.5 Å². The number of likely N-dealkylation sites (tertiary alicyclic amines) is 1. The van der Waals surface area contributed by atoms with Gasteiger partial charge in [0.05, 0.1) is 16.6 Å².